The Hall–Kier alpha value is -3.02. The van der Waals surface area contributed by atoms with Crippen molar-refractivity contribution in [2.75, 3.05) is 14.2 Å². The smallest absolute Gasteiger partial charge is 0.128 e. The van der Waals surface area contributed by atoms with Gasteiger partial charge < -0.3 is 29.6 Å². The number of rotatable bonds is 6. The molecule has 226 valence electrons. The van der Waals surface area contributed by atoms with Gasteiger partial charge in [-0.2, -0.15) is 0 Å². The van der Waals surface area contributed by atoms with E-state index in [0.29, 0.717) is 22.6 Å². The normalized spacial score (nSPS) is 17.5. The van der Waals surface area contributed by atoms with Gasteiger partial charge in [-0.3, -0.25) is 9.98 Å². The molecule has 0 unspecified atom stereocenters. The number of hydrogen-bond donors (Lipinski definition) is 2. The molecule has 8 nitrogen and oxygen atoms in total. The van der Waals surface area contributed by atoms with Crippen LogP contribution in [0.25, 0.3) is 0 Å². The first-order valence-corrected chi connectivity index (χ1v) is 13.6. The summed E-state index contributed by atoms with van der Waals surface area (Å²) in [6, 6.07) is 7.39. The van der Waals surface area contributed by atoms with Gasteiger partial charge in [0, 0.05) is 58.0 Å². The molecule has 3 rings (SSSR count). The first-order chi connectivity index (χ1) is 18.6. The van der Waals surface area contributed by atoms with E-state index in [4.69, 9.17) is 29.4 Å². The molecule has 0 aromatic heterocycles. The Labute approximate surface area is 255 Å². The van der Waals surface area contributed by atoms with Crippen molar-refractivity contribution >= 4 is 18.4 Å². The van der Waals surface area contributed by atoms with Crippen molar-refractivity contribution in [3.63, 3.8) is 0 Å². The zero-order chi connectivity index (χ0) is 30.3. The molecule has 2 N–H and O–H groups in total. The van der Waals surface area contributed by atoms with E-state index in [1.165, 1.54) is 0 Å². The SMILES string of the molecule is CC(=O)[O-].COc1cc(C=N[C@@H]2CCCC[C@H]2N=Cc2cc(OC)cc(C(C)(C)C)c2O)c(O)c(C(C)(C)C)c1.[Cr]. The monoisotopic (exact) mass is 605 g/mol. The summed E-state index contributed by atoms with van der Waals surface area (Å²) in [6.07, 6.45) is 7.53. The quantitative estimate of drug-likeness (QED) is 0.430. The zero-order valence-corrected chi connectivity index (χ0v) is 27.1. The second-order valence-electron chi connectivity index (χ2n) is 12.2. The van der Waals surface area contributed by atoms with Gasteiger partial charge in [0.25, 0.3) is 0 Å². The molecule has 0 radical (unpaired) electrons. The van der Waals surface area contributed by atoms with Crippen molar-refractivity contribution in [3.05, 3.63) is 46.5 Å². The fourth-order valence-electron chi connectivity index (χ4n) is 4.63. The molecule has 1 fully saturated rings. The third kappa shape index (κ3) is 10.4. The largest absolute Gasteiger partial charge is 0.550 e. The average Bonchev–Trinajstić information content (AvgIpc) is 2.86. The van der Waals surface area contributed by atoms with E-state index in [1.54, 1.807) is 26.6 Å². The Balaban J connectivity index is 0.00000157. The number of hydrogen-bond acceptors (Lipinski definition) is 8. The van der Waals surface area contributed by atoms with Gasteiger partial charge in [0.2, 0.25) is 0 Å². The molecule has 2 aromatic rings. The fraction of sp³-hybridized carbons (Fsp3) is 0.531. The molecule has 1 aliphatic rings. The Kier molecular flexibility index (Phi) is 13.4. The van der Waals surface area contributed by atoms with Crippen LogP contribution in [-0.4, -0.2) is 54.9 Å². The summed E-state index contributed by atoms with van der Waals surface area (Å²) in [6.45, 7) is 13.3. The Bertz CT molecular complexity index is 1130. The number of aliphatic carboxylic acids is 1. The van der Waals surface area contributed by atoms with Crippen LogP contribution in [0.2, 0.25) is 0 Å². The van der Waals surface area contributed by atoms with Crippen LogP contribution in [0.3, 0.4) is 0 Å². The van der Waals surface area contributed by atoms with E-state index in [0.717, 1.165) is 43.7 Å². The summed E-state index contributed by atoms with van der Waals surface area (Å²) in [5.74, 6) is 0.777. The minimum atomic E-state index is -1.08. The minimum Gasteiger partial charge on any atom is -0.550 e. The maximum atomic E-state index is 10.9. The van der Waals surface area contributed by atoms with E-state index < -0.39 is 5.97 Å². The first kappa shape index (κ1) is 36.0. The van der Waals surface area contributed by atoms with Crippen LogP contribution in [0.15, 0.2) is 34.3 Å². The van der Waals surface area contributed by atoms with Crippen LogP contribution < -0.4 is 14.6 Å². The van der Waals surface area contributed by atoms with Crippen LogP contribution in [0.4, 0.5) is 0 Å². The van der Waals surface area contributed by atoms with Gasteiger partial charge in [0.05, 0.1) is 26.3 Å². The van der Waals surface area contributed by atoms with Crippen molar-refractivity contribution in [3.8, 4) is 23.0 Å². The molecule has 41 heavy (non-hydrogen) atoms. The fourth-order valence-corrected chi connectivity index (χ4v) is 4.63. The molecule has 9 heteroatoms. The molecule has 0 heterocycles. The van der Waals surface area contributed by atoms with E-state index in [1.807, 2.05) is 24.3 Å². The second kappa shape index (κ2) is 15.3. The molecule has 2 atom stereocenters. The summed E-state index contributed by atoms with van der Waals surface area (Å²) >= 11 is 0. The predicted octanol–water partition coefficient (Wildman–Crippen LogP) is 5.31. The summed E-state index contributed by atoms with van der Waals surface area (Å²) in [4.78, 5) is 18.6. The number of benzene rings is 2. The third-order valence-corrected chi connectivity index (χ3v) is 6.82. The number of carboxylic acid groups (broad SMARTS) is 1. The summed E-state index contributed by atoms with van der Waals surface area (Å²) in [7, 11) is 3.26. The molecule has 0 saturated heterocycles. The number of phenols is 2. The van der Waals surface area contributed by atoms with Gasteiger partial charge in [-0.05, 0) is 54.9 Å². The van der Waals surface area contributed by atoms with E-state index in [2.05, 4.69) is 41.5 Å². The standard InChI is InChI=1S/C30H42N2O4.C2H4O2.Cr/c1-29(2,3)23-15-21(35-7)13-19(27(23)33)17-31-25-11-9-10-12-26(25)32-18-20-14-22(36-8)16-24(28(20)34)30(4,5)6;1-2(3)4;/h13-18,25-26,33-34H,9-12H2,1-8H3;1H3,(H,3,4);/p-1/t25-,26-;;/m1../s1. The maximum absolute atomic E-state index is 10.9. The average molecular weight is 606 g/mol. The number of aromatic hydroxyl groups is 2. The zero-order valence-electron chi connectivity index (χ0n) is 25.8. The molecule has 0 spiro atoms. The van der Waals surface area contributed by atoms with Gasteiger partial charge in [0.1, 0.15) is 23.0 Å². The van der Waals surface area contributed by atoms with Crippen molar-refractivity contribution in [2.45, 2.75) is 97.1 Å². The molecule has 1 aliphatic carbocycles. The van der Waals surface area contributed by atoms with Crippen molar-refractivity contribution in [1.82, 2.24) is 0 Å². The van der Waals surface area contributed by atoms with E-state index in [9.17, 15) is 10.2 Å². The van der Waals surface area contributed by atoms with Crippen molar-refractivity contribution in [2.24, 2.45) is 9.98 Å². The van der Waals surface area contributed by atoms with Gasteiger partial charge >= 0.3 is 0 Å². The number of carboxylic acids is 1. The van der Waals surface area contributed by atoms with Crippen molar-refractivity contribution < 1.29 is 46.9 Å². The van der Waals surface area contributed by atoms with Crippen LogP contribution in [0.5, 0.6) is 23.0 Å². The third-order valence-electron chi connectivity index (χ3n) is 6.82. The molecule has 2 aromatic carbocycles. The number of methoxy groups -OCH3 is 2. The molecule has 1 saturated carbocycles. The van der Waals surface area contributed by atoms with Crippen LogP contribution in [0, 0.1) is 0 Å². The van der Waals surface area contributed by atoms with Gasteiger partial charge in [-0.25, -0.2) is 0 Å². The number of nitrogens with zero attached hydrogens (tertiary/aromatic N) is 2. The number of carbonyl (C=O) groups is 1. The number of carbonyl (C=O) groups excluding carboxylic acids is 1. The molecular weight excluding hydrogens is 560 g/mol. The summed E-state index contributed by atoms with van der Waals surface area (Å²) in [5, 5.41) is 30.8. The minimum absolute atomic E-state index is 0. The molecular formula is C32H45CrN2O6-. The van der Waals surface area contributed by atoms with E-state index in [-0.39, 0.29) is 51.8 Å². The molecule has 0 amide bonds. The van der Waals surface area contributed by atoms with Gasteiger partial charge in [-0.15, -0.1) is 0 Å². The van der Waals surface area contributed by atoms with Gasteiger partial charge in [-0.1, -0.05) is 54.4 Å². The predicted molar refractivity (Wildman–Crippen MR) is 159 cm³/mol. The topological polar surface area (TPSA) is 124 Å². The van der Waals surface area contributed by atoms with Crippen molar-refractivity contribution in [1.29, 1.82) is 0 Å². The second-order valence-corrected chi connectivity index (χ2v) is 12.2. The molecule has 0 aliphatic heterocycles. The number of aliphatic imine (C=N–C) groups is 2. The van der Waals surface area contributed by atoms with Gasteiger partial charge in [0.15, 0.2) is 0 Å². The Morgan fingerprint density at radius 1 is 0.805 bits per heavy atom. The van der Waals surface area contributed by atoms with Crippen LogP contribution >= 0.6 is 0 Å². The van der Waals surface area contributed by atoms with Crippen LogP contribution in [0.1, 0.15) is 96.4 Å². The van der Waals surface area contributed by atoms with E-state index >= 15 is 0 Å². The summed E-state index contributed by atoms with van der Waals surface area (Å²) < 4.78 is 11.0. The maximum Gasteiger partial charge on any atom is 0.128 e. The van der Waals surface area contributed by atoms with Crippen LogP contribution in [-0.2, 0) is 33.0 Å². The number of ether oxygens (including phenoxy) is 2. The number of phenolic OH excluding ortho intramolecular Hbond substituents is 2. The Morgan fingerprint density at radius 3 is 1.39 bits per heavy atom. The Morgan fingerprint density at radius 2 is 1.12 bits per heavy atom. The molecule has 0 bridgehead atoms. The summed E-state index contributed by atoms with van der Waals surface area (Å²) in [5.41, 5.74) is 2.47. The first-order valence-electron chi connectivity index (χ1n) is 13.6.